The minimum Gasteiger partial charge on any atom is -0.324 e. The number of alkyl halides is 3. The first-order valence-electron chi connectivity index (χ1n) is 10.5. The van der Waals surface area contributed by atoms with Crippen molar-refractivity contribution in [3.63, 3.8) is 0 Å². The Labute approximate surface area is 209 Å². The van der Waals surface area contributed by atoms with Crippen LogP contribution in [-0.4, -0.2) is 26.0 Å². The van der Waals surface area contributed by atoms with Gasteiger partial charge in [0, 0.05) is 35.0 Å². The Morgan fingerprint density at radius 3 is 2.36 bits per heavy atom. The number of anilines is 4. The van der Waals surface area contributed by atoms with E-state index in [0.29, 0.717) is 29.0 Å². The van der Waals surface area contributed by atoms with Crippen LogP contribution in [0.25, 0.3) is 11.4 Å². The number of halogens is 4. The minimum absolute atomic E-state index is 0.0572. The van der Waals surface area contributed by atoms with E-state index >= 15 is 0 Å². The molecule has 0 aliphatic rings. The quantitative estimate of drug-likeness (QED) is 0.277. The van der Waals surface area contributed by atoms with E-state index < -0.39 is 22.8 Å². The summed E-state index contributed by atoms with van der Waals surface area (Å²) in [6, 6.07) is 11.1. The maximum absolute atomic E-state index is 13.1. The number of carbonyl (C=O) groups is 1. The zero-order valence-electron chi connectivity index (χ0n) is 19.0. The highest BCUT2D eigenvalue weighted by Gasteiger charge is 2.33. The van der Waals surface area contributed by atoms with Crippen LogP contribution >= 0.6 is 11.6 Å². The fourth-order valence-corrected chi connectivity index (χ4v) is 3.46. The van der Waals surface area contributed by atoms with Crippen LogP contribution in [0.1, 0.15) is 17.0 Å². The van der Waals surface area contributed by atoms with Gasteiger partial charge in [-0.05, 0) is 61.9 Å². The summed E-state index contributed by atoms with van der Waals surface area (Å²) in [7, 11) is 0. The third-order valence-corrected chi connectivity index (χ3v) is 5.27. The first-order chi connectivity index (χ1) is 17.1. The largest absolute Gasteiger partial charge is 0.417 e. The lowest BCUT2D eigenvalue weighted by Gasteiger charge is -2.14. The van der Waals surface area contributed by atoms with E-state index in [1.165, 1.54) is 6.07 Å². The fraction of sp³-hybridized carbons (Fsp3) is 0.125. The van der Waals surface area contributed by atoms with E-state index in [0.717, 1.165) is 23.3 Å². The van der Waals surface area contributed by atoms with Crippen LogP contribution in [0.15, 0.2) is 60.9 Å². The number of urea groups is 1. The van der Waals surface area contributed by atoms with Crippen LogP contribution in [0.4, 0.5) is 41.0 Å². The van der Waals surface area contributed by atoms with Crippen LogP contribution < -0.4 is 16.0 Å². The molecule has 12 heteroatoms. The topological polar surface area (TPSA) is 105 Å². The zero-order valence-corrected chi connectivity index (χ0v) is 19.7. The molecule has 0 radical (unpaired) electrons. The standard InChI is InChI=1S/C24H19ClF3N7O/c1-13-5-6-17(33-23(36)32-16-7-8-19(25)18(10-16)24(26,27)28)11-20(13)34-22-31-14(2)30-21(35-22)15-4-3-9-29-12-15/h3-12H,1-2H3,(H2,32,33,36)(H,30,31,34,35). The molecule has 36 heavy (non-hydrogen) atoms. The zero-order chi connectivity index (χ0) is 25.9. The maximum atomic E-state index is 13.1. The van der Waals surface area contributed by atoms with Gasteiger partial charge < -0.3 is 16.0 Å². The van der Waals surface area contributed by atoms with Crippen molar-refractivity contribution in [3.8, 4) is 11.4 Å². The molecular formula is C24H19ClF3N7O. The number of nitrogens with one attached hydrogen (secondary N) is 3. The predicted octanol–water partition coefficient (Wildman–Crippen LogP) is 6.61. The van der Waals surface area contributed by atoms with Gasteiger partial charge in [0.25, 0.3) is 0 Å². The van der Waals surface area contributed by atoms with Gasteiger partial charge in [-0.25, -0.2) is 9.78 Å². The molecule has 2 amide bonds. The van der Waals surface area contributed by atoms with E-state index in [1.807, 2.05) is 13.0 Å². The number of amides is 2. The van der Waals surface area contributed by atoms with Gasteiger partial charge in [0.1, 0.15) is 5.82 Å². The molecule has 0 saturated carbocycles. The van der Waals surface area contributed by atoms with Gasteiger partial charge in [-0.2, -0.15) is 23.1 Å². The highest BCUT2D eigenvalue weighted by Crippen LogP contribution is 2.36. The molecule has 4 rings (SSSR count). The van der Waals surface area contributed by atoms with Gasteiger partial charge in [0.15, 0.2) is 5.82 Å². The average molecular weight is 514 g/mol. The molecule has 0 bridgehead atoms. The normalized spacial score (nSPS) is 11.2. The molecule has 0 fully saturated rings. The number of hydrogen-bond acceptors (Lipinski definition) is 6. The van der Waals surface area contributed by atoms with E-state index in [2.05, 4.69) is 35.9 Å². The molecular weight excluding hydrogens is 495 g/mol. The Balaban J connectivity index is 1.51. The van der Waals surface area contributed by atoms with Gasteiger partial charge in [-0.3, -0.25) is 4.98 Å². The summed E-state index contributed by atoms with van der Waals surface area (Å²) in [5.74, 6) is 1.25. The average Bonchev–Trinajstić information content (AvgIpc) is 2.82. The fourth-order valence-electron chi connectivity index (χ4n) is 3.23. The predicted molar refractivity (Wildman–Crippen MR) is 131 cm³/mol. The number of aryl methyl sites for hydroxylation is 2. The Bertz CT molecular complexity index is 1410. The molecule has 0 saturated heterocycles. The first kappa shape index (κ1) is 24.9. The van der Waals surface area contributed by atoms with Crippen molar-refractivity contribution >= 4 is 40.6 Å². The van der Waals surface area contributed by atoms with Gasteiger partial charge in [-0.1, -0.05) is 17.7 Å². The van der Waals surface area contributed by atoms with Crippen molar-refractivity contribution in [2.24, 2.45) is 0 Å². The monoisotopic (exact) mass is 513 g/mol. The summed E-state index contributed by atoms with van der Waals surface area (Å²) in [6.45, 7) is 3.59. The molecule has 2 aromatic heterocycles. The Kier molecular flexibility index (Phi) is 7.02. The van der Waals surface area contributed by atoms with Gasteiger partial charge >= 0.3 is 12.2 Å². The SMILES string of the molecule is Cc1nc(Nc2cc(NC(=O)Nc3ccc(Cl)c(C(F)(F)F)c3)ccc2C)nc(-c2cccnc2)n1. The van der Waals surface area contributed by atoms with Crippen molar-refractivity contribution in [3.05, 3.63) is 82.9 Å². The number of benzene rings is 2. The van der Waals surface area contributed by atoms with Crippen LogP contribution in [0, 0.1) is 13.8 Å². The lowest BCUT2D eigenvalue weighted by Crippen LogP contribution is -2.20. The summed E-state index contributed by atoms with van der Waals surface area (Å²) >= 11 is 5.63. The number of carbonyl (C=O) groups excluding carboxylic acids is 1. The summed E-state index contributed by atoms with van der Waals surface area (Å²) < 4.78 is 39.3. The lowest BCUT2D eigenvalue weighted by molar-refractivity contribution is -0.137. The molecule has 184 valence electrons. The van der Waals surface area contributed by atoms with Gasteiger partial charge in [0.2, 0.25) is 5.95 Å². The van der Waals surface area contributed by atoms with Gasteiger partial charge in [-0.15, -0.1) is 0 Å². The third-order valence-electron chi connectivity index (χ3n) is 4.94. The number of hydrogen-bond donors (Lipinski definition) is 3. The Hall–Kier alpha value is -4.25. The summed E-state index contributed by atoms with van der Waals surface area (Å²) in [6.07, 6.45) is -1.35. The number of aromatic nitrogens is 4. The van der Waals surface area contributed by atoms with E-state index in [1.54, 1.807) is 43.6 Å². The van der Waals surface area contributed by atoms with Crippen LogP contribution in [0.2, 0.25) is 5.02 Å². The lowest BCUT2D eigenvalue weighted by atomic mass is 10.2. The van der Waals surface area contributed by atoms with Crippen LogP contribution in [0.5, 0.6) is 0 Å². The third kappa shape index (κ3) is 6.05. The number of nitrogens with zero attached hydrogens (tertiary/aromatic N) is 4. The summed E-state index contributed by atoms with van der Waals surface area (Å²) in [5.41, 5.74) is 1.48. The molecule has 0 unspecified atom stereocenters. The first-order valence-corrected chi connectivity index (χ1v) is 10.9. The van der Waals surface area contributed by atoms with Crippen molar-refractivity contribution in [1.82, 2.24) is 19.9 Å². The highest BCUT2D eigenvalue weighted by molar-refractivity contribution is 6.31. The Morgan fingerprint density at radius 2 is 1.67 bits per heavy atom. The second-order valence-electron chi connectivity index (χ2n) is 7.70. The molecule has 4 aromatic rings. The molecule has 0 aliphatic heterocycles. The summed E-state index contributed by atoms with van der Waals surface area (Å²) in [5, 5.41) is 7.65. The van der Waals surface area contributed by atoms with Crippen molar-refractivity contribution < 1.29 is 18.0 Å². The smallest absolute Gasteiger partial charge is 0.324 e. The van der Waals surface area contributed by atoms with Gasteiger partial charge in [0.05, 0.1) is 10.6 Å². The van der Waals surface area contributed by atoms with Crippen LogP contribution in [-0.2, 0) is 6.18 Å². The van der Waals surface area contributed by atoms with Crippen molar-refractivity contribution in [2.45, 2.75) is 20.0 Å². The molecule has 2 heterocycles. The van der Waals surface area contributed by atoms with Crippen molar-refractivity contribution in [2.75, 3.05) is 16.0 Å². The molecule has 0 aliphatic carbocycles. The minimum atomic E-state index is -4.65. The second kappa shape index (κ2) is 10.2. The molecule has 0 atom stereocenters. The van der Waals surface area contributed by atoms with E-state index in [9.17, 15) is 18.0 Å². The number of pyridine rings is 1. The number of rotatable bonds is 5. The molecule has 2 aromatic carbocycles. The Morgan fingerprint density at radius 1 is 0.944 bits per heavy atom. The van der Waals surface area contributed by atoms with E-state index in [4.69, 9.17) is 11.6 Å². The maximum Gasteiger partial charge on any atom is 0.417 e. The van der Waals surface area contributed by atoms with E-state index in [-0.39, 0.29) is 5.69 Å². The molecule has 8 nitrogen and oxygen atoms in total. The van der Waals surface area contributed by atoms with Crippen molar-refractivity contribution in [1.29, 1.82) is 0 Å². The second-order valence-corrected chi connectivity index (χ2v) is 8.10. The van der Waals surface area contributed by atoms with Crippen LogP contribution in [0.3, 0.4) is 0 Å². The highest BCUT2D eigenvalue weighted by atomic mass is 35.5. The molecule has 0 spiro atoms. The molecule has 3 N–H and O–H groups in total. The summed E-state index contributed by atoms with van der Waals surface area (Å²) in [4.78, 5) is 29.6.